The molecule has 2 aromatic rings. The number of carboxylic acid groups (broad SMARTS) is 2. The standard InChI is InChI=1S/2C13H22P.2C2H4O2.Fe.3K.H3O4P.Pd/c2*1-12(2,3)14(13(4,5)6)11-9-7-8-10-11;2*1-2(3)4;;;;;1-5(2,3)4;/h2*7-10H,1-6H3;2*1H3,(H,3,4);;;;;(H3,1,2,3,4);/q2*-1;;;+2;3*+1;;+2/p-5. The van der Waals surface area contributed by atoms with Crippen molar-refractivity contribution < 1.29 is 231 Å². The van der Waals surface area contributed by atoms with Gasteiger partial charge in [-0.1, -0.05) is 83.1 Å². The zero-order valence-electron chi connectivity index (χ0n) is 30.9. The Morgan fingerprint density at radius 2 is 0.761 bits per heavy atom. The minimum Gasteiger partial charge on any atom is -0.822 e. The van der Waals surface area contributed by atoms with E-state index in [9.17, 15) is 0 Å². The number of aliphatic carboxylic acids is 2. The van der Waals surface area contributed by atoms with Crippen LogP contribution in [0.15, 0.2) is 48.5 Å². The van der Waals surface area contributed by atoms with Gasteiger partial charge in [-0.3, -0.25) is 0 Å². The first-order valence-electron chi connectivity index (χ1n) is 13.0. The summed E-state index contributed by atoms with van der Waals surface area (Å²) < 4.78 is 8.55. The zero-order chi connectivity index (χ0) is 33.6. The Hall–Kier alpha value is 4.70. The SMILES string of the molecule is CC(=O)[O-].CC(=O)[O-].CC(C)(C)P(c1cc[cH-]c1)C(C)(C)C.CC(C)(C)P(c1cc[cH-]c1)C(C)(C)C.O=P([O-])([O-])[O-].[Fe+2].[K+].[K+].[K+].[Pd+2]. The molecule has 2 rings (SSSR count). The first-order chi connectivity index (χ1) is 17.9. The van der Waals surface area contributed by atoms with Crippen LogP contribution in [0.3, 0.4) is 0 Å². The van der Waals surface area contributed by atoms with E-state index in [1.165, 1.54) is 0 Å². The molecule has 0 atom stereocenters. The number of rotatable bonds is 2. The maximum Gasteiger partial charge on any atom is 2.00 e. The van der Waals surface area contributed by atoms with E-state index in [0.29, 0.717) is 20.6 Å². The summed E-state index contributed by atoms with van der Waals surface area (Å²) in [5, 5.41) is 22.4. The van der Waals surface area contributed by atoms with Crippen molar-refractivity contribution in [2.75, 3.05) is 0 Å². The monoisotopic (exact) mass is 910 g/mol. The summed E-state index contributed by atoms with van der Waals surface area (Å²) in [5.74, 6) is -2.17. The molecule has 0 unspecified atom stereocenters. The maximum atomic E-state index is 8.89. The normalized spacial score (nSPS) is 10.7. The molecule has 0 radical (unpaired) electrons. The third kappa shape index (κ3) is 43.1. The van der Waals surface area contributed by atoms with Crippen LogP contribution in [0.5, 0.6) is 0 Å². The summed E-state index contributed by atoms with van der Waals surface area (Å²) in [6.45, 7) is 30.2. The van der Waals surface area contributed by atoms with E-state index < -0.39 is 19.8 Å². The van der Waals surface area contributed by atoms with Gasteiger partial charge in [0, 0.05) is 11.9 Å². The Morgan fingerprint density at radius 1 is 0.609 bits per heavy atom. The molecule has 8 nitrogen and oxygen atoms in total. The molecule has 0 spiro atoms. The summed E-state index contributed by atoms with van der Waals surface area (Å²) in [7, 11) is -5.59. The van der Waals surface area contributed by atoms with Gasteiger partial charge in [0.1, 0.15) is 0 Å². The van der Waals surface area contributed by atoms with Gasteiger partial charge in [-0.05, 0) is 34.5 Å². The van der Waals surface area contributed by atoms with Crippen molar-refractivity contribution in [2.24, 2.45) is 0 Å². The molecule has 0 N–H and O–H groups in total. The molecule has 0 aliphatic heterocycles. The fraction of sp³-hybridized carbons (Fsp3) is 0.600. The molecule has 46 heavy (non-hydrogen) atoms. The van der Waals surface area contributed by atoms with Gasteiger partial charge in [0.15, 0.2) is 0 Å². The Labute approximate surface area is 434 Å². The van der Waals surface area contributed by atoms with Gasteiger partial charge in [-0.2, -0.15) is 54.8 Å². The molecule has 0 aliphatic carbocycles. The molecule has 2 aromatic carbocycles. The number of carbonyl (C=O) groups is 2. The molecule has 0 aromatic heterocycles. The van der Waals surface area contributed by atoms with Crippen LogP contribution in [0.2, 0.25) is 0 Å². The summed E-state index contributed by atoms with van der Waals surface area (Å²) >= 11 is 0. The van der Waals surface area contributed by atoms with Gasteiger partial charge < -0.3 is 39.0 Å². The molecule has 254 valence electrons. The van der Waals surface area contributed by atoms with Crippen LogP contribution >= 0.6 is 23.7 Å². The van der Waals surface area contributed by atoms with Crippen LogP contribution in [0, 0.1) is 0 Å². The summed E-state index contributed by atoms with van der Waals surface area (Å²) in [5.41, 5.74) is 0. The molecule has 0 saturated carbocycles. The van der Waals surface area contributed by atoms with Gasteiger partial charge in [0.05, 0.1) is 0 Å². The molecule has 0 heterocycles. The van der Waals surface area contributed by atoms with Crippen molar-refractivity contribution >= 4 is 46.2 Å². The van der Waals surface area contributed by atoms with Crippen LogP contribution in [0.25, 0.3) is 0 Å². The van der Waals surface area contributed by atoms with E-state index in [2.05, 4.69) is 132 Å². The average molecular weight is 911 g/mol. The van der Waals surface area contributed by atoms with E-state index in [1.54, 1.807) is 10.6 Å². The van der Waals surface area contributed by atoms with Gasteiger partial charge >= 0.3 is 192 Å². The number of carbonyl (C=O) groups excluding carboxylic acids is 2. The molecular formula is C30H50FeK3O8P3Pd. The topological polar surface area (TPSA) is 167 Å². The van der Waals surface area contributed by atoms with Gasteiger partial charge in [0.25, 0.3) is 0 Å². The van der Waals surface area contributed by atoms with E-state index in [1.807, 2.05) is 0 Å². The average Bonchev–Trinajstić information content (AvgIpc) is 3.29. The molecule has 0 bridgehead atoms. The predicted molar refractivity (Wildman–Crippen MR) is 165 cm³/mol. The van der Waals surface area contributed by atoms with Gasteiger partial charge in [-0.15, -0.1) is 15.8 Å². The minimum absolute atomic E-state index is 0. The van der Waals surface area contributed by atoms with E-state index in [0.717, 1.165) is 13.8 Å². The van der Waals surface area contributed by atoms with Crippen molar-refractivity contribution in [3.05, 3.63) is 48.5 Å². The minimum atomic E-state index is -5.39. The third-order valence-electron chi connectivity index (χ3n) is 4.49. The maximum absolute atomic E-state index is 8.89. The number of hydrogen-bond acceptors (Lipinski definition) is 8. The second kappa shape index (κ2) is 32.0. The first-order valence-corrected chi connectivity index (χ1v) is 17.2. The summed E-state index contributed by atoms with van der Waals surface area (Å²) in [4.78, 5) is 43.4. The summed E-state index contributed by atoms with van der Waals surface area (Å²) in [6.07, 6.45) is 0. The zero-order valence-corrected chi connectivity index (χ0v) is 45.6. The Bertz CT molecular complexity index is 923. The summed E-state index contributed by atoms with van der Waals surface area (Å²) in [6, 6.07) is 17.7. The quantitative estimate of drug-likeness (QED) is 0.163. The molecule has 0 aliphatic rings. The van der Waals surface area contributed by atoms with E-state index in [4.69, 9.17) is 39.0 Å². The largest absolute Gasteiger partial charge is 2.00 e. The predicted octanol–water partition coefficient (Wildman–Crippen LogP) is -6.09. The fourth-order valence-electron chi connectivity index (χ4n) is 4.59. The Kier molecular flexibility index (Phi) is 47.8. The number of phosphoric acid groups is 1. The van der Waals surface area contributed by atoms with Gasteiger partial charge in [-0.25, -0.2) is 12.1 Å². The first kappa shape index (κ1) is 68.7. The van der Waals surface area contributed by atoms with Crippen LogP contribution in [-0.2, 0) is 51.6 Å². The van der Waals surface area contributed by atoms with Crippen LogP contribution in [-0.4, -0.2) is 32.6 Å². The van der Waals surface area contributed by atoms with Crippen LogP contribution in [0.4, 0.5) is 0 Å². The Morgan fingerprint density at radius 3 is 0.848 bits per heavy atom. The van der Waals surface area contributed by atoms with E-state index in [-0.39, 0.29) is 207 Å². The van der Waals surface area contributed by atoms with Crippen LogP contribution < -0.4 is 190 Å². The Balaban J connectivity index is -0.0000000706. The van der Waals surface area contributed by atoms with Crippen molar-refractivity contribution in [3.63, 3.8) is 0 Å². The molecule has 0 fully saturated rings. The van der Waals surface area contributed by atoms with Gasteiger partial charge in [0.2, 0.25) is 0 Å². The fourth-order valence-corrected chi connectivity index (χ4v) is 12.7. The van der Waals surface area contributed by atoms with Crippen molar-refractivity contribution in [1.29, 1.82) is 0 Å². The molecular weight excluding hydrogens is 861 g/mol. The van der Waals surface area contributed by atoms with E-state index >= 15 is 0 Å². The number of hydrogen-bond donors (Lipinski definition) is 0. The second-order valence-electron chi connectivity index (χ2n) is 13.1. The molecule has 16 heteroatoms. The molecule has 0 amide bonds. The van der Waals surface area contributed by atoms with Crippen molar-refractivity contribution in [1.82, 2.24) is 0 Å². The third-order valence-corrected chi connectivity index (χ3v) is 11.5. The second-order valence-corrected chi connectivity index (χ2v) is 21.7. The van der Waals surface area contributed by atoms with Crippen LogP contribution in [0.1, 0.15) is 96.9 Å². The smallest absolute Gasteiger partial charge is 0.822 e. The molecule has 0 saturated heterocycles. The number of carboxylic acids is 2. The van der Waals surface area contributed by atoms with Crippen molar-refractivity contribution in [3.8, 4) is 0 Å². The van der Waals surface area contributed by atoms with Crippen molar-refractivity contribution in [2.45, 2.75) is 118 Å².